The highest BCUT2D eigenvalue weighted by Crippen LogP contribution is 2.52. The Morgan fingerprint density at radius 1 is 0.853 bits per heavy atom. The maximum absolute atomic E-state index is 13.6. The zero-order valence-corrected chi connectivity index (χ0v) is 22.2. The number of rotatable bonds is 1. The van der Waals surface area contributed by atoms with E-state index in [1.165, 1.54) is 11.3 Å². The Hall–Kier alpha value is -2.36. The summed E-state index contributed by atoms with van der Waals surface area (Å²) in [5.41, 5.74) is 7.40. The molecule has 1 aromatic rings. The topological polar surface area (TPSA) is 49.4 Å². The predicted octanol–water partition coefficient (Wildman–Crippen LogP) is 6.38. The molecule has 0 spiro atoms. The smallest absolute Gasteiger partial charge is 0.162 e. The van der Waals surface area contributed by atoms with Crippen molar-refractivity contribution in [2.75, 3.05) is 11.9 Å². The molecule has 1 atom stereocenters. The third-order valence-electron chi connectivity index (χ3n) is 8.71. The Labute approximate surface area is 204 Å². The minimum atomic E-state index is -0.254. The molecule has 0 saturated heterocycles. The number of anilines is 1. The number of carbonyl (C=O) groups is 2. The van der Waals surface area contributed by atoms with Crippen molar-refractivity contribution < 1.29 is 9.59 Å². The number of ketones is 2. The molecule has 4 heteroatoms. The third-order valence-corrected chi connectivity index (χ3v) is 8.71. The number of nitrogens with zero attached hydrogens (tertiary/aromatic N) is 1. The fourth-order valence-corrected chi connectivity index (χ4v) is 7.00. The molecule has 2 heterocycles. The van der Waals surface area contributed by atoms with Crippen molar-refractivity contribution in [2.24, 2.45) is 10.8 Å². The quantitative estimate of drug-likeness (QED) is 0.528. The molecule has 1 N–H and O–H groups in total. The van der Waals surface area contributed by atoms with Crippen LogP contribution in [0.15, 0.2) is 40.7 Å². The van der Waals surface area contributed by atoms with Crippen LogP contribution in [0.1, 0.15) is 104 Å². The lowest BCUT2D eigenvalue weighted by molar-refractivity contribution is -0.119. The molecule has 34 heavy (non-hydrogen) atoms. The first-order valence-electron chi connectivity index (χ1n) is 12.9. The molecule has 0 fully saturated rings. The molecule has 0 amide bonds. The van der Waals surface area contributed by atoms with E-state index in [1.54, 1.807) is 0 Å². The minimum Gasteiger partial charge on any atom is -0.369 e. The van der Waals surface area contributed by atoms with Gasteiger partial charge in [-0.25, -0.2) is 0 Å². The summed E-state index contributed by atoms with van der Waals surface area (Å²) in [7, 11) is 2.18. The monoisotopic (exact) mass is 460 g/mol. The summed E-state index contributed by atoms with van der Waals surface area (Å²) >= 11 is 0. The van der Waals surface area contributed by atoms with Crippen LogP contribution < -0.4 is 10.2 Å². The van der Waals surface area contributed by atoms with Gasteiger partial charge in [-0.05, 0) is 67.1 Å². The average Bonchev–Trinajstić information content (AvgIpc) is 2.68. The van der Waals surface area contributed by atoms with Crippen molar-refractivity contribution in [1.29, 1.82) is 0 Å². The molecule has 0 saturated carbocycles. The number of fused-ring (bicyclic) bond motifs is 1. The van der Waals surface area contributed by atoms with Gasteiger partial charge < -0.3 is 10.2 Å². The van der Waals surface area contributed by atoms with Gasteiger partial charge in [0.1, 0.15) is 0 Å². The van der Waals surface area contributed by atoms with Crippen LogP contribution in [0.25, 0.3) is 0 Å². The highest BCUT2D eigenvalue weighted by Gasteiger charge is 2.46. The van der Waals surface area contributed by atoms with Crippen LogP contribution >= 0.6 is 0 Å². The maximum atomic E-state index is 13.6. The van der Waals surface area contributed by atoms with Gasteiger partial charge in [-0.1, -0.05) is 46.8 Å². The van der Waals surface area contributed by atoms with E-state index in [9.17, 15) is 9.59 Å². The van der Waals surface area contributed by atoms with Crippen LogP contribution in [0.2, 0.25) is 0 Å². The molecule has 4 aliphatic rings. The lowest BCUT2D eigenvalue weighted by atomic mass is 9.64. The minimum absolute atomic E-state index is 0.0710. The lowest BCUT2D eigenvalue weighted by Gasteiger charge is -2.46. The molecular weight excluding hydrogens is 420 g/mol. The van der Waals surface area contributed by atoms with Crippen LogP contribution in [0.5, 0.6) is 0 Å². The molecule has 0 bridgehead atoms. The fraction of sp³-hybridized carbons (Fsp3) is 0.600. The Morgan fingerprint density at radius 3 is 1.91 bits per heavy atom. The summed E-state index contributed by atoms with van der Waals surface area (Å²) in [6.07, 6.45) is 3.83. The zero-order chi connectivity index (χ0) is 24.8. The number of Topliss-reactive ketones (excluding diaryl/α,β-unsaturated/α-hetero) is 2. The molecule has 5 rings (SSSR count). The van der Waals surface area contributed by atoms with Crippen LogP contribution in [0, 0.1) is 10.8 Å². The van der Waals surface area contributed by atoms with E-state index in [1.807, 2.05) is 0 Å². The first-order valence-corrected chi connectivity index (χ1v) is 12.9. The van der Waals surface area contributed by atoms with E-state index in [-0.39, 0.29) is 33.9 Å². The number of allylic oxidation sites excluding steroid dienone is 4. The standard InChI is InChI=1S/C30H40N2O2/c1-17-12-30(6,7)32(8)22-10-9-18(11-19(17)22)25-26-20(13-28(2,3)15-23(26)33)31-21-14-29(4,5)16-24(34)27(21)25/h9-11,17,25,31H,12-16H2,1-8H3/t17-/m0/s1. The number of nitrogens with one attached hydrogen (secondary N) is 1. The summed E-state index contributed by atoms with van der Waals surface area (Å²) in [6.45, 7) is 15.6. The zero-order valence-electron chi connectivity index (χ0n) is 22.2. The molecule has 0 unspecified atom stereocenters. The highest BCUT2D eigenvalue weighted by molar-refractivity contribution is 6.06. The van der Waals surface area contributed by atoms with E-state index >= 15 is 0 Å². The summed E-state index contributed by atoms with van der Waals surface area (Å²) < 4.78 is 0. The second kappa shape index (κ2) is 7.32. The lowest BCUT2D eigenvalue weighted by Crippen LogP contribution is -2.45. The first kappa shape index (κ1) is 23.4. The SMILES string of the molecule is C[C@H]1CC(C)(C)N(C)c2ccc(C3C4=C(CC(C)(C)CC4=O)NC4=C3C(=O)CC(C)(C)C4)cc21. The van der Waals surface area contributed by atoms with Crippen molar-refractivity contribution >= 4 is 17.3 Å². The fourth-order valence-electron chi connectivity index (χ4n) is 7.00. The number of hydrogen-bond donors (Lipinski definition) is 1. The van der Waals surface area contributed by atoms with Crippen molar-refractivity contribution in [3.63, 3.8) is 0 Å². The molecule has 1 aromatic carbocycles. The highest BCUT2D eigenvalue weighted by atomic mass is 16.1. The van der Waals surface area contributed by atoms with Crippen LogP contribution in [0.4, 0.5) is 5.69 Å². The van der Waals surface area contributed by atoms with Gasteiger partial charge in [0, 0.05) is 59.6 Å². The van der Waals surface area contributed by atoms with E-state index in [4.69, 9.17) is 0 Å². The Balaban J connectivity index is 1.69. The van der Waals surface area contributed by atoms with E-state index in [0.29, 0.717) is 18.8 Å². The van der Waals surface area contributed by atoms with Gasteiger partial charge in [-0.15, -0.1) is 0 Å². The predicted molar refractivity (Wildman–Crippen MR) is 138 cm³/mol. The van der Waals surface area contributed by atoms with Gasteiger partial charge in [-0.2, -0.15) is 0 Å². The maximum Gasteiger partial charge on any atom is 0.162 e. The molecule has 2 aliphatic carbocycles. The Morgan fingerprint density at radius 2 is 1.38 bits per heavy atom. The van der Waals surface area contributed by atoms with Gasteiger partial charge in [0.15, 0.2) is 11.6 Å². The van der Waals surface area contributed by atoms with Crippen molar-refractivity contribution in [2.45, 2.75) is 97.9 Å². The van der Waals surface area contributed by atoms with Crippen molar-refractivity contribution in [3.8, 4) is 0 Å². The Kier molecular flexibility index (Phi) is 5.03. The molecular formula is C30H40N2O2. The van der Waals surface area contributed by atoms with Gasteiger partial charge in [0.05, 0.1) is 0 Å². The van der Waals surface area contributed by atoms with Gasteiger partial charge in [0.2, 0.25) is 0 Å². The van der Waals surface area contributed by atoms with E-state index < -0.39 is 0 Å². The summed E-state index contributed by atoms with van der Waals surface area (Å²) in [5.74, 6) is 0.553. The summed E-state index contributed by atoms with van der Waals surface area (Å²) in [6, 6.07) is 6.70. The van der Waals surface area contributed by atoms with Gasteiger partial charge in [-0.3, -0.25) is 9.59 Å². The molecule has 182 valence electrons. The summed E-state index contributed by atoms with van der Waals surface area (Å²) in [5, 5.41) is 3.63. The molecule has 2 aliphatic heterocycles. The van der Waals surface area contributed by atoms with Crippen LogP contribution in [-0.2, 0) is 9.59 Å². The van der Waals surface area contributed by atoms with E-state index in [2.05, 4.69) is 83.9 Å². The molecule has 4 nitrogen and oxygen atoms in total. The van der Waals surface area contributed by atoms with Crippen LogP contribution in [0.3, 0.4) is 0 Å². The van der Waals surface area contributed by atoms with Gasteiger partial charge >= 0.3 is 0 Å². The second-order valence-electron chi connectivity index (χ2n) is 13.5. The normalized spacial score (nSPS) is 27.8. The van der Waals surface area contributed by atoms with Crippen molar-refractivity contribution in [1.82, 2.24) is 5.32 Å². The first-order chi connectivity index (χ1) is 15.7. The molecule has 0 radical (unpaired) electrons. The number of benzene rings is 1. The summed E-state index contributed by atoms with van der Waals surface area (Å²) in [4.78, 5) is 29.6. The number of hydrogen-bond acceptors (Lipinski definition) is 4. The number of dihydropyridines is 1. The molecule has 0 aromatic heterocycles. The Bertz CT molecular complexity index is 1110. The third kappa shape index (κ3) is 3.65. The average molecular weight is 461 g/mol. The van der Waals surface area contributed by atoms with Crippen molar-refractivity contribution in [3.05, 3.63) is 51.9 Å². The second-order valence-corrected chi connectivity index (χ2v) is 13.5. The number of carbonyl (C=O) groups excluding carboxylic acids is 2. The largest absolute Gasteiger partial charge is 0.369 e. The van der Waals surface area contributed by atoms with Crippen LogP contribution in [-0.4, -0.2) is 24.2 Å². The van der Waals surface area contributed by atoms with E-state index in [0.717, 1.165) is 47.4 Å². The van der Waals surface area contributed by atoms with Gasteiger partial charge in [0.25, 0.3) is 0 Å².